The molecule has 3 heterocycles. The van der Waals surface area contributed by atoms with Crippen molar-refractivity contribution in [3.8, 4) is 0 Å². The van der Waals surface area contributed by atoms with Crippen LogP contribution < -0.4 is 5.32 Å². The van der Waals surface area contributed by atoms with Crippen molar-refractivity contribution >= 4 is 29.3 Å². The predicted molar refractivity (Wildman–Crippen MR) is 104 cm³/mol. The number of aromatic nitrogens is 2. The quantitative estimate of drug-likeness (QED) is 0.741. The minimum Gasteiger partial charge on any atom is -0.451 e. The number of amides is 1. The second-order valence-corrected chi connectivity index (χ2v) is 6.45. The maximum Gasteiger partial charge on any atom is 0.290 e. The molecule has 0 saturated carbocycles. The molecule has 144 valence electrons. The van der Waals surface area contributed by atoms with E-state index in [1.807, 2.05) is 47.0 Å². The van der Waals surface area contributed by atoms with Crippen LogP contribution in [0.5, 0.6) is 0 Å². The molecule has 7 nitrogen and oxygen atoms in total. The molecule has 1 aromatic carbocycles. The lowest BCUT2D eigenvalue weighted by Crippen LogP contribution is -2.49. The van der Waals surface area contributed by atoms with E-state index in [4.69, 9.17) is 9.15 Å². The number of carbonyl (C=O) groups is 1. The first-order chi connectivity index (χ1) is 12.7. The molecule has 2 aromatic heterocycles. The number of nitrogens with one attached hydrogen (secondary N) is 1. The molecule has 1 amide bonds. The van der Waals surface area contributed by atoms with Crippen LogP contribution in [0.1, 0.15) is 28.0 Å². The molecule has 8 heteroatoms. The number of benzene rings is 1. The number of carbonyl (C=O) groups excluding carboxylic acids is 1. The summed E-state index contributed by atoms with van der Waals surface area (Å²) < 4.78 is 13.2. The molecule has 4 rings (SSSR count). The van der Waals surface area contributed by atoms with Crippen LogP contribution in [0.15, 0.2) is 41.1 Å². The second-order valence-electron chi connectivity index (χ2n) is 6.45. The normalized spacial score (nSPS) is 17.1. The van der Waals surface area contributed by atoms with Crippen molar-refractivity contribution < 1.29 is 13.9 Å². The van der Waals surface area contributed by atoms with Gasteiger partial charge in [0, 0.05) is 57.1 Å². The maximum absolute atomic E-state index is 13.4. The van der Waals surface area contributed by atoms with Crippen molar-refractivity contribution in [3.63, 3.8) is 0 Å². The predicted octanol–water partition coefficient (Wildman–Crippen LogP) is 2.52. The fourth-order valence-electron chi connectivity index (χ4n) is 3.57. The van der Waals surface area contributed by atoms with Gasteiger partial charge in [-0.05, 0) is 6.07 Å². The molecule has 27 heavy (non-hydrogen) atoms. The van der Waals surface area contributed by atoms with Crippen molar-refractivity contribution in [2.24, 2.45) is 7.05 Å². The van der Waals surface area contributed by atoms with Gasteiger partial charge in [0.2, 0.25) is 0 Å². The molecule has 1 unspecified atom stereocenters. The molecule has 1 atom stereocenters. The van der Waals surface area contributed by atoms with Crippen LogP contribution in [0.2, 0.25) is 0 Å². The maximum atomic E-state index is 13.4. The number of piperazine rings is 1. The third-order valence-corrected chi connectivity index (χ3v) is 4.84. The zero-order valence-electron chi connectivity index (χ0n) is 15.3. The highest BCUT2D eigenvalue weighted by atomic mass is 35.5. The van der Waals surface area contributed by atoms with Crippen molar-refractivity contribution in [1.29, 1.82) is 0 Å². The minimum absolute atomic E-state index is 0. The number of rotatable bonds is 4. The Bertz CT molecular complexity index is 936. The summed E-state index contributed by atoms with van der Waals surface area (Å²) in [4.78, 5) is 19.7. The molecule has 1 aliphatic rings. The van der Waals surface area contributed by atoms with E-state index < -0.39 is 0 Å². The number of hydrogen-bond donors (Lipinski definition) is 1. The summed E-state index contributed by atoms with van der Waals surface area (Å²) in [6, 6.07) is 7.53. The number of para-hydroxylation sites is 1. The summed E-state index contributed by atoms with van der Waals surface area (Å²) in [5.41, 5.74) is 1.50. The third-order valence-electron chi connectivity index (χ3n) is 4.84. The Hall–Kier alpha value is -2.35. The van der Waals surface area contributed by atoms with Gasteiger partial charge >= 0.3 is 0 Å². The average molecular weight is 391 g/mol. The monoisotopic (exact) mass is 390 g/mol. The summed E-state index contributed by atoms with van der Waals surface area (Å²) in [5.74, 6) is 1.09. The first-order valence-electron chi connectivity index (χ1n) is 8.69. The first kappa shape index (κ1) is 19.4. The lowest BCUT2D eigenvalue weighted by molar-refractivity contribution is 0.0584. The van der Waals surface area contributed by atoms with Gasteiger partial charge < -0.3 is 23.9 Å². The third kappa shape index (κ3) is 3.45. The summed E-state index contributed by atoms with van der Waals surface area (Å²) in [6.45, 7) is 2.33. The highest BCUT2D eigenvalue weighted by Gasteiger charge is 2.34. The zero-order valence-corrected chi connectivity index (χ0v) is 16.2. The van der Waals surface area contributed by atoms with Gasteiger partial charge in [0.05, 0.1) is 6.61 Å². The van der Waals surface area contributed by atoms with Crippen LogP contribution in [0, 0.1) is 0 Å². The SMILES string of the molecule is COCc1c(C(=O)N2CCNCC2c2nccn2C)oc2ccccc12.Cl. The Morgan fingerprint density at radius 3 is 2.96 bits per heavy atom. The standard InChI is InChI=1S/C19H22N4O3.ClH/c1-22-9-8-21-18(22)15-11-20-7-10-23(15)19(24)17-14(12-25-2)13-5-3-4-6-16(13)26-17;/h3-6,8-9,15,20H,7,10-12H2,1-2H3;1H. The number of imidazole rings is 1. The van der Waals surface area contributed by atoms with Gasteiger partial charge in [-0.1, -0.05) is 18.2 Å². The molecule has 1 saturated heterocycles. The number of hydrogen-bond acceptors (Lipinski definition) is 5. The topological polar surface area (TPSA) is 72.5 Å². The number of fused-ring (bicyclic) bond motifs is 1. The minimum atomic E-state index is -0.139. The van der Waals surface area contributed by atoms with E-state index in [1.54, 1.807) is 13.3 Å². The molecular weight excluding hydrogens is 368 g/mol. The van der Waals surface area contributed by atoms with Gasteiger partial charge in [0.15, 0.2) is 5.76 Å². The van der Waals surface area contributed by atoms with E-state index in [9.17, 15) is 4.79 Å². The summed E-state index contributed by atoms with van der Waals surface area (Å²) in [7, 11) is 3.56. The Kier molecular flexibility index (Phi) is 5.84. The van der Waals surface area contributed by atoms with Gasteiger partial charge in [-0.2, -0.15) is 0 Å². The molecule has 0 bridgehead atoms. The van der Waals surface area contributed by atoms with E-state index >= 15 is 0 Å². The van der Waals surface area contributed by atoms with E-state index in [0.29, 0.717) is 31.0 Å². The molecular formula is C19H23ClN4O3. The number of nitrogens with zero attached hydrogens (tertiary/aromatic N) is 3. The van der Waals surface area contributed by atoms with Crippen LogP contribution >= 0.6 is 12.4 Å². The van der Waals surface area contributed by atoms with Crippen LogP contribution in [-0.4, -0.2) is 47.1 Å². The number of halogens is 1. The largest absolute Gasteiger partial charge is 0.451 e. The van der Waals surface area contributed by atoms with Crippen molar-refractivity contribution in [3.05, 3.63) is 53.8 Å². The van der Waals surface area contributed by atoms with Gasteiger partial charge in [-0.25, -0.2) is 4.98 Å². The molecule has 0 radical (unpaired) electrons. The first-order valence-corrected chi connectivity index (χ1v) is 8.69. The Balaban J connectivity index is 0.00000210. The highest BCUT2D eigenvalue weighted by molar-refractivity contribution is 5.99. The Morgan fingerprint density at radius 1 is 1.41 bits per heavy atom. The molecule has 1 fully saturated rings. The molecule has 0 aliphatic carbocycles. The smallest absolute Gasteiger partial charge is 0.290 e. The molecule has 3 aromatic rings. The average Bonchev–Trinajstić information content (AvgIpc) is 3.25. The van der Waals surface area contributed by atoms with Gasteiger partial charge in [0.25, 0.3) is 5.91 Å². The van der Waals surface area contributed by atoms with E-state index in [1.165, 1.54) is 0 Å². The van der Waals surface area contributed by atoms with Gasteiger partial charge in [-0.3, -0.25) is 4.79 Å². The van der Waals surface area contributed by atoms with Crippen molar-refractivity contribution in [2.75, 3.05) is 26.7 Å². The lowest BCUT2D eigenvalue weighted by Gasteiger charge is -2.35. The van der Waals surface area contributed by atoms with E-state index in [-0.39, 0.29) is 24.4 Å². The summed E-state index contributed by atoms with van der Waals surface area (Å²) >= 11 is 0. The number of furan rings is 1. The van der Waals surface area contributed by atoms with Gasteiger partial charge in [-0.15, -0.1) is 12.4 Å². The Labute approximate surface area is 163 Å². The lowest BCUT2D eigenvalue weighted by atomic mass is 10.1. The fourth-order valence-corrected chi connectivity index (χ4v) is 3.57. The number of ether oxygens (including phenoxy) is 1. The van der Waals surface area contributed by atoms with Crippen molar-refractivity contribution in [1.82, 2.24) is 19.8 Å². The molecule has 1 N–H and O–H groups in total. The number of aryl methyl sites for hydroxylation is 1. The fraction of sp³-hybridized carbons (Fsp3) is 0.368. The molecule has 0 spiro atoms. The van der Waals surface area contributed by atoms with Crippen LogP contribution in [0.4, 0.5) is 0 Å². The molecule has 1 aliphatic heterocycles. The Morgan fingerprint density at radius 2 is 2.22 bits per heavy atom. The van der Waals surface area contributed by atoms with E-state index in [0.717, 1.165) is 23.3 Å². The number of methoxy groups -OCH3 is 1. The highest BCUT2D eigenvalue weighted by Crippen LogP contribution is 2.30. The summed E-state index contributed by atoms with van der Waals surface area (Å²) in [5, 5.41) is 4.27. The summed E-state index contributed by atoms with van der Waals surface area (Å²) in [6.07, 6.45) is 3.65. The van der Waals surface area contributed by atoms with Crippen LogP contribution in [0.25, 0.3) is 11.0 Å². The van der Waals surface area contributed by atoms with Crippen LogP contribution in [0.3, 0.4) is 0 Å². The van der Waals surface area contributed by atoms with Crippen LogP contribution in [-0.2, 0) is 18.4 Å². The zero-order chi connectivity index (χ0) is 18.1. The van der Waals surface area contributed by atoms with E-state index in [2.05, 4.69) is 10.3 Å². The second kappa shape index (κ2) is 8.12. The van der Waals surface area contributed by atoms with Crippen molar-refractivity contribution in [2.45, 2.75) is 12.6 Å². The van der Waals surface area contributed by atoms with Gasteiger partial charge in [0.1, 0.15) is 17.4 Å².